The molecule has 0 aromatic heterocycles. The zero-order valence-electron chi connectivity index (χ0n) is 15.9. The van der Waals surface area contributed by atoms with Crippen LogP contribution in [0.15, 0.2) is 60.7 Å². The molecule has 6 heteroatoms. The van der Waals surface area contributed by atoms with Crippen LogP contribution in [0.25, 0.3) is 10.8 Å². The molecule has 6 nitrogen and oxygen atoms in total. The normalized spacial score (nSPS) is 11.5. The lowest BCUT2D eigenvalue weighted by atomic mass is 10.1. The number of nitrogens with one attached hydrogen (secondary N) is 1. The van der Waals surface area contributed by atoms with Gasteiger partial charge in [0.1, 0.15) is 17.1 Å². The van der Waals surface area contributed by atoms with Gasteiger partial charge in [-0.05, 0) is 36.6 Å². The molecule has 1 atom stereocenters. The summed E-state index contributed by atoms with van der Waals surface area (Å²) in [7, 11) is 2.95. The van der Waals surface area contributed by atoms with Crippen LogP contribution in [-0.4, -0.2) is 32.2 Å². The van der Waals surface area contributed by atoms with Crippen LogP contribution in [-0.2, 0) is 9.53 Å². The van der Waals surface area contributed by atoms with E-state index in [4.69, 9.17) is 14.2 Å². The van der Waals surface area contributed by atoms with Gasteiger partial charge in [0, 0.05) is 11.1 Å². The summed E-state index contributed by atoms with van der Waals surface area (Å²) in [5.74, 6) is -0.268. The summed E-state index contributed by atoms with van der Waals surface area (Å²) in [5.41, 5.74) is 0.844. The number of carbonyl (C=O) groups is 2. The lowest BCUT2D eigenvalue weighted by Gasteiger charge is -2.16. The second-order valence-electron chi connectivity index (χ2n) is 6.13. The third kappa shape index (κ3) is 4.06. The number of methoxy groups -OCH3 is 2. The van der Waals surface area contributed by atoms with Gasteiger partial charge in [-0.1, -0.05) is 36.4 Å². The predicted molar refractivity (Wildman–Crippen MR) is 107 cm³/mol. The molecule has 0 aliphatic heterocycles. The van der Waals surface area contributed by atoms with E-state index in [1.165, 1.54) is 27.2 Å². The summed E-state index contributed by atoms with van der Waals surface area (Å²) in [6.07, 6.45) is -0.998. The van der Waals surface area contributed by atoms with Gasteiger partial charge in [0.2, 0.25) is 0 Å². The lowest BCUT2D eigenvalue weighted by molar-refractivity contribution is -0.123. The van der Waals surface area contributed by atoms with Crippen molar-refractivity contribution < 1.29 is 23.8 Å². The van der Waals surface area contributed by atoms with Crippen molar-refractivity contribution in [3.63, 3.8) is 0 Å². The maximum absolute atomic E-state index is 12.6. The van der Waals surface area contributed by atoms with Gasteiger partial charge in [-0.25, -0.2) is 4.79 Å². The van der Waals surface area contributed by atoms with Gasteiger partial charge < -0.3 is 19.5 Å². The number of ether oxygens (including phenoxy) is 3. The second kappa shape index (κ2) is 8.43. The van der Waals surface area contributed by atoms with E-state index in [1.54, 1.807) is 18.2 Å². The highest BCUT2D eigenvalue weighted by molar-refractivity contribution is 6.04. The Morgan fingerprint density at radius 1 is 0.929 bits per heavy atom. The number of anilines is 1. The van der Waals surface area contributed by atoms with E-state index in [0.717, 1.165) is 10.8 Å². The Balaban J connectivity index is 1.74. The number of fused-ring (bicyclic) bond motifs is 1. The first kappa shape index (κ1) is 19.2. The highest BCUT2D eigenvalue weighted by Gasteiger charge is 2.22. The van der Waals surface area contributed by atoms with Gasteiger partial charge in [-0.2, -0.15) is 0 Å². The lowest BCUT2D eigenvalue weighted by Crippen LogP contribution is -2.30. The Labute approximate surface area is 163 Å². The van der Waals surface area contributed by atoms with Crippen LogP contribution < -0.4 is 14.8 Å². The number of hydrogen-bond donors (Lipinski definition) is 1. The molecule has 1 N–H and O–H groups in total. The Bertz CT molecular complexity index is 1010. The van der Waals surface area contributed by atoms with E-state index in [-0.39, 0.29) is 5.56 Å². The van der Waals surface area contributed by atoms with Crippen LogP contribution >= 0.6 is 0 Å². The van der Waals surface area contributed by atoms with E-state index in [0.29, 0.717) is 17.2 Å². The van der Waals surface area contributed by atoms with Crippen molar-refractivity contribution in [2.45, 2.75) is 13.0 Å². The molecule has 144 valence electrons. The highest BCUT2D eigenvalue weighted by Crippen LogP contribution is 2.26. The van der Waals surface area contributed by atoms with Crippen LogP contribution in [0.2, 0.25) is 0 Å². The smallest absolute Gasteiger partial charge is 0.342 e. The summed E-state index contributed by atoms with van der Waals surface area (Å²) in [6, 6.07) is 18.1. The zero-order chi connectivity index (χ0) is 20.1. The van der Waals surface area contributed by atoms with Crippen molar-refractivity contribution in [2.24, 2.45) is 0 Å². The maximum Gasteiger partial charge on any atom is 0.342 e. The molecule has 1 amide bonds. The number of hydrogen-bond acceptors (Lipinski definition) is 5. The molecule has 3 rings (SSSR count). The van der Waals surface area contributed by atoms with Gasteiger partial charge in [-0.15, -0.1) is 0 Å². The van der Waals surface area contributed by atoms with Crippen LogP contribution in [0.3, 0.4) is 0 Å². The van der Waals surface area contributed by atoms with E-state index in [1.807, 2.05) is 36.4 Å². The second-order valence-corrected chi connectivity index (χ2v) is 6.13. The van der Waals surface area contributed by atoms with Crippen LogP contribution in [0, 0.1) is 0 Å². The number of rotatable bonds is 6. The van der Waals surface area contributed by atoms with Crippen molar-refractivity contribution in [3.8, 4) is 11.5 Å². The van der Waals surface area contributed by atoms with Crippen molar-refractivity contribution in [1.29, 1.82) is 0 Å². The highest BCUT2D eigenvalue weighted by atomic mass is 16.5. The summed E-state index contributed by atoms with van der Waals surface area (Å²) in [6.45, 7) is 1.52. The molecule has 3 aromatic rings. The van der Waals surface area contributed by atoms with E-state index >= 15 is 0 Å². The van der Waals surface area contributed by atoms with Gasteiger partial charge in [-0.3, -0.25) is 4.79 Å². The molecule has 28 heavy (non-hydrogen) atoms. The molecular weight excluding hydrogens is 358 g/mol. The minimum Gasteiger partial charge on any atom is -0.497 e. The Kier molecular flexibility index (Phi) is 5.79. The molecule has 3 aromatic carbocycles. The third-order valence-corrected chi connectivity index (χ3v) is 4.33. The number of benzene rings is 3. The average Bonchev–Trinajstić information content (AvgIpc) is 2.73. The van der Waals surface area contributed by atoms with E-state index in [2.05, 4.69) is 5.32 Å². The fraction of sp³-hybridized carbons (Fsp3) is 0.182. The van der Waals surface area contributed by atoms with Crippen molar-refractivity contribution in [1.82, 2.24) is 0 Å². The fourth-order valence-electron chi connectivity index (χ4n) is 2.82. The molecule has 0 saturated heterocycles. The molecule has 0 radical (unpaired) electrons. The first-order valence-corrected chi connectivity index (χ1v) is 8.75. The first-order chi connectivity index (χ1) is 13.5. The molecule has 1 unspecified atom stereocenters. The van der Waals surface area contributed by atoms with Crippen molar-refractivity contribution in [2.75, 3.05) is 19.5 Å². The Hall–Kier alpha value is -3.54. The fourth-order valence-corrected chi connectivity index (χ4v) is 2.82. The topological polar surface area (TPSA) is 73.9 Å². The molecule has 0 bridgehead atoms. The predicted octanol–water partition coefficient (Wildman–Crippen LogP) is 4.04. The van der Waals surface area contributed by atoms with Crippen molar-refractivity contribution >= 4 is 28.3 Å². The molecule has 0 aliphatic carbocycles. The van der Waals surface area contributed by atoms with Gasteiger partial charge in [0.15, 0.2) is 6.10 Å². The number of esters is 1. The average molecular weight is 379 g/mol. The third-order valence-electron chi connectivity index (χ3n) is 4.33. The summed E-state index contributed by atoms with van der Waals surface area (Å²) in [5, 5.41) is 4.73. The molecule has 0 saturated carbocycles. The quantitative estimate of drug-likeness (QED) is 0.654. The minimum absolute atomic E-state index is 0.187. The van der Waals surface area contributed by atoms with Crippen molar-refractivity contribution in [3.05, 3.63) is 66.2 Å². The first-order valence-electron chi connectivity index (χ1n) is 8.75. The molecule has 0 aliphatic rings. The monoisotopic (exact) mass is 379 g/mol. The standard InChI is InChI=1S/C22H21NO5/c1-14(28-22(25)18-13-16(26-2)11-12-20(18)27-3)21(24)23-19-10-6-8-15-7-4-5-9-17(15)19/h4-14H,1-3H3,(H,23,24). The van der Waals surface area contributed by atoms with Gasteiger partial charge in [0.05, 0.1) is 14.2 Å². The minimum atomic E-state index is -0.998. The summed E-state index contributed by atoms with van der Waals surface area (Å²) in [4.78, 5) is 25.1. The molecule has 0 spiro atoms. The molecule has 0 heterocycles. The number of amides is 1. The molecular formula is C22H21NO5. The van der Waals surface area contributed by atoms with Crippen LogP contribution in [0.1, 0.15) is 17.3 Å². The Morgan fingerprint density at radius 2 is 1.68 bits per heavy atom. The maximum atomic E-state index is 12.6. The largest absolute Gasteiger partial charge is 0.497 e. The van der Waals surface area contributed by atoms with E-state index in [9.17, 15) is 9.59 Å². The summed E-state index contributed by atoms with van der Waals surface area (Å²) >= 11 is 0. The molecule has 0 fully saturated rings. The van der Waals surface area contributed by atoms with Gasteiger partial charge in [0.25, 0.3) is 5.91 Å². The Morgan fingerprint density at radius 3 is 2.43 bits per heavy atom. The number of carbonyl (C=O) groups excluding carboxylic acids is 2. The van der Waals surface area contributed by atoms with E-state index < -0.39 is 18.0 Å². The van der Waals surface area contributed by atoms with Gasteiger partial charge >= 0.3 is 5.97 Å². The van der Waals surface area contributed by atoms with Crippen LogP contribution in [0.5, 0.6) is 11.5 Å². The zero-order valence-corrected chi connectivity index (χ0v) is 15.9. The summed E-state index contributed by atoms with van der Waals surface area (Å²) < 4.78 is 15.7. The van der Waals surface area contributed by atoms with Crippen LogP contribution in [0.4, 0.5) is 5.69 Å². The SMILES string of the molecule is COc1ccc(OC)c(C(=O)OC(C)C(=O)Nc2cccc3ccccc23)c1.